The Labute approximate surface area is 216 Å². The van der Waals surface area contributed by atoms with Crippen LogP contribution in [0.2, 0.25) is 0 Å². The molecule has 0 fully saturated rings. The lowest BCUT2D eigenvalue weighted by molar-refractivity contribution is 0.0952. The van der Waals surface area contributed by atoms with Crippen molar-refractivity contribution in [2.45, 2.75) is 37.4 Å². The third-order valence-corrected chi connectivity index (χ3v) is 8.21. The molecule has 1 amide bonds. The van der Waals surface area contributed by atoms with Crippen LogP contribution < -0.4 is 10.6 Å². The Morgan fingerprint density at radius 3 is 2.47 bits per heavy atom. The normalized spacial score (nSPS) is 11.8. The number of thioether (sulfide) groups is 1. The van der Waals surface area contributed by atoms with Crippen molar-refractivity contribution in [3.63, 3.8) is 0 Å². The summed E-state index contributed by atoms with van der Waals surface area (Å²) in [6.45, 7) is 8.28. The van der Waals surface area contributed by atoms with Gasteiger partial charge in [-0.05, 0) is 30.0 Å². The summed E-state index contributed by atoms with van der Waals surface area (Å²) in [4.78, 5) is 22.0. The first-order valence-electron chi connectivity index (χ1n) is 11.8. The third-order valence-electron chi connectivity index (χ3n) is 5.42. The van der Waals surface area contributed by atoms with E-state index in [-0.39, 0.29) is 10.8 Å². The van der Waals surface area contributed by atoms with E-state index < -0.39 is 10.0 Å². The summed E-state index contributed by atoms with van der Waals surface area (Å²) in [6.07, 6.45) is 1.71. The first-order valence-corrected chi connectivity index (χ1v) is 14.3. The molecule has 0 saturated heterocycles. The van der Waals surface area contributed by atoms with Crippen LogP contribution in [0.3, 0.4) is 0 Å². The molecule has 0 radical (unpaired) electrons. The number of carbonyl (C=O) groups excluding carboxylic acids is 1. The molecule has 0 aliphatic rings. The standard InChI is InChI=1S/C23H33N7O4S2/c1-5-29(6-2)36(32,33)18-10-8-17(9-11-18)22(31)25-12-14-30-21-19(16-26-30)20(24-13-15-34-4)27-23(28-21)35-7-3/h8-11,16H,5-7,12-15H2,1-4H3,(H,25,31)(H,24,27,28). The van der Waals surface area contributed by atoms with Crippen molar-refractivity contribution in [2.24, 2.45) is 0 Å². The van der Waals surface area contributed by atoms with E-state index in [9.17, 15) is 13.2 Å². The first kappa shape index (κ1) is 27.8. The number of nitrogens with one attached hydrogen (secondary N) is 2. The SMILES string of the molecule is CCSc1nc(NCCOC)c2cnn(CCNC(=O)c3ccc(S(=O)(=O)N(CC)CC)cc3)c2n1. The number of benzene rings is 1. The molecule has 0 unspecified atom stereocenters. The van der Waals surface area contributed by atoms with Gasteiger partial charge in [0.05, 0.1) is 29.6 Å². The topological polar surface area (TPSA) is 131 Å². The molecule has 13 heteroatoms. The van der Waals surface area contributed by atoms with Crippen molar-refractivity contribution >= 4 is 44.5 Å². The molecule has 11 nitrogen and oxygen atoms in total. The number of hydrogen-bond acceptors (Lipinski definition) is 9. The van der Waals surface area contributed by atoms with E-state index in [0.29, 0.717) is 61.5 Å². The molecule has 36 heavy (non-hydrogen) atoms. The van der Waals surface area contributed by atoms with E-state index in [1.165, 1.54) is 40.3 Å². The summed E-state index contributed by atoms with van der Waals surface area (Å²) < 4.78 is 33.5. The van der Waals surface area contributed by atoms with Gasteiger partial charge in [0.15, 0.2) is 10.8 Å². The second kappa shape index (κ2) is 13.0. The number of methoxy groups -OCH3 is 1. The van der Waals surface area contributed by atoms with Crippen LogP contribution in [0.15, 0.2) is 40.5 Å². The zero-order valence-electron chi connectivity index (χ0n) is 21.0. The van der Waals surface area contributed by atoms with Crippen LogP contribution in [0.4, 0.5) is 5.82 Å². The van der Waals surface area contributed by atoms with Gasteiger partial charge in [-0.2, -0.15) is 9.40 Å². The Bertz CT molecular complexity index is 1260. The minimum Gasteiger partial charge on any atom is -0.383 e. The summed E-state index contributed by atoms with van der Waals surface area (Å²) in [5, 5.41) is 12.0. The van der Waals surface area contributed by atoms with Crippen LogP contribution in [0.5, 0.6) is 0 Å². The van der Waals surface area contributed by atoms with Gasteiger partial charge in [-0.15, -0.1) is 0 Å². The van der Waals surface area contributed by atoms with Gasteiger partial charge in [-0.25, -0.2) is 23.1 Å². The van der Waals surface area contributed by atoms with Crippen LogP contribution in [-0.4, -0.2) is 84.0 Å². The lowest BCUT2D eigenvalue weighted by atomic mass is 10.2. The number of anilines is 1. The maximum Gasteiger partial charge on any atom is 0.251 e. The molecule has 3 aromatic rings. The molecule has 0 aliphatic carbocycles. The highest BCUT2D eigenvalue weighted by molar-refractivity contribution is 7.99. The van der Waals surface area contributed by atoms with Gasteiger partial charge < -0.3 is 15.4 Å². The molecule has 2 N–H and O–H groups in total. The maximum absolute atomic E-state index is 12.6. The lowest BCUT2D eigenvalue weighted by Gasteiger charge is -2.18. The fourth-order valence-electron chi connectivity index (χ4n) is 3.57. The van der Waals surface area contributed by atoms with E-state index in [4.69, 9.17) is 4.74 Å². The molecule has 2 aromatic heterocycles. The van der Waals surface area contributed by atoms with Crippen LogP contribution in [0.1, 0.15) is 31.1 Å². The number of carbonyl (C=O) groups is 1. The van der Waals surface area contributed by atoms with E-state index in [1.807, 2.05) is 6.92 Å². The molecule has 196 valence electrons. The first-order chi connectivity index (χ1) is 17.3. The molecule has 3 rings (SSSR count). The van der Waals surface area contributed by atoms with Crippen LogP contribution in [0.25, 0.3) is 11.0 Å². The van der Waals surface area contributed by atoms with Crippen molar-refractivity contribution in [1.29, 1.82) is 0 Å². The van der Waals surface area contributed by atoms with Crippen molar-refractivity contribution < 1.29 is 17.9 Å². The van der Waals surface area contributed by atoms with Crippen LogP contribution in [0, 0.1) is 0 Å². The highest BCUT2D eigenvalue weighted by Crippen LogP contribution is 2.24. The highest BCUT2D eigenvalue weighted by atomic mass is 32.2. The Hall–Kier alpha value is -2.74. The number of aromatic nitrogens is 4. The van der Waals surface area contributed by atoms with Gasteiger partial charge in [-0.1, -0.05) is 32.5 Å². The lowest BCUT2D eigenvalue weighted by Crippen LogP contribution is -2.31. The fraction of sp³-hybridized carbons (Fsp3) is 0.478. The zero-order valence-corrected chi connectivity index (χ0v) is 22.7. The van der Waals surface area contributed by atoms with Gasteiger partial charge in [-0.3, -0.25) is 4.79 Å². The van der Waals surface area contributed by atoms with Crippen LogP contribution >= 0.6 is 11.8 Å². The molecule has 2 heterocycles. The molecule has 0 aliphatic heterocycles. The van der Waals surface area contributed by atoms with E-state index in [1.54, 1.807) is 31.8 Å². The largest absolute Gasteiger partial charge is 0.383 e. The van der Waals surface area contributed by atoms with E-state index in [0.717, 1.165) is 11.1 Å². The smallest absolute Gasteiger partial charge is 0.251 e. The number of sulfonamides is 1. The molecule has 0 saturated carbocycles. The second-order valence-electron chi connectivity index (χ2n) is 7.68. The summed E-state index contributed by atoms with van der Waals surface area (Å²) >= 11 is 1.54. The Kier molecular flexibility index (Phi) is 10.0. The molecule has 0 atom stereocenters. The molecule has 0 spiro atoms. The maximum atomic E-state index is 12.6. The summed E-state index contributed by atoms with van der Waals surface area (Å²) in [5.74, 6) is 1.24. The number of rotatable bonds is 14. The van der Waals surface area contributed by atoms with Crippen molar-refractivity contribution in [2.75, 3.05) is 51.0 Å². The van der Waals surface area contributed by atoms with Gasteiger partial charge in [0, 0.05) is 38.9 Å². The number of ether oxygens (including phenoxy) is 1. The molecular formula is C23H33N7O4S2. The molecule has 0 bridgehead atoms. The summed E-state index contributed by atoms with van der Waals surface area (Å²) in [7, 11) is -1.92. The van der Waals surface area contributed by atoms with E-state index in [2.05, 4.69) is 25.7 Å². The monoisotopic (exact) mass is 535 g/mol. The number of hydrogen-bond donors (Lipinski definition) is 2. The predicted molar refractivity (Wildman–Crippen MR) is 141 cm³/mol. The second-order valence-corrected chi connectivity index (χ2v) is 10.9. The third kappa shape index (κ3) is 6.52. The molecule has 1 aromatic carbocycles. The van der Waals surface area contributed by atoms with Crippen molar-refractivity contribution in [3.05, 3.63) is 36.0 Å². The quantitative estimate of drug-likeness (QED) is 0.181. The highest BCUT2D eigenvalue weighted by Gasteiger charge is 2.21. The molecular weight excluding hydrogens is 502 g/mol. The Balaban J connectivity index is 1.68. The van der Waals surface area contributed by atoms with Gasteiger partial charge >= 0.3 is 0 Å². The van der Waals surface area contributed by atoms with Gasteiger partial charge in [0.2, 0.25) is 10.0 Å². The minimum absolute atomic E-state index is 0.168. The Morgan fingerprint density at radius 1 is 1.11 bits per heavy atom. The summed E-state index contributed by atoms with van der Waals surface area (Å²) in [5.41, 5.74) is 1.06. The average molecular weight is 536 g/mol. The van der Waals surface area contributed by atoms with Crippen LogP contribution in [-0.2, 0) is 21.3 Å². The fourth-order valence-corrected chi connectivity index (χ4v) is 5.59. The van der Waals surface area contributed by atoms with E-state index >= 15 is 0 Å². The minimum atomic E-state index is -3.57. The number of amides is 1. The van der Waals surface area contributed by atoms with Crippen molar-refractivity contribution in [1.82, 2.24) is 29.4 Å². The van der Waals surface area contributed by atoms with Gasteiger partial charge in [0.25, 0.3) is 5.91 Å². The summed E-state index contributed by atoms with van der Waals surface area (Å²) in [6, 6.07) is 5.97. The predicted octanol–water partition coefficient (Wildman–Crippen LogP) is 2.46. The number of fused-ring (bicyclic) bond motifs is 1. The average Bonchev–Trinajstić information content (AvgIpc) is 3.28. The van der Waals surface area contributed by atoms with Crippen molar-refractivity contribution in [3.8, 4) is 0 Å². The zero-order chi connectivity index (χ0) is 26.1. The number of nitrogens with zero attached hydrogens (tertiary/aromatic N) is 5. The van der Waals surface area contributed by atoms with Gasteiger partial charge in [0.1, 0.15) is 5.82 Å². The Morgan fingerprint density at radius 2 is 1.83 bits per heavy atom.